The monoisotopic (exact) mass is 429 g/mol. The molecule has 2 aliphatic rings. The Morgan fingerprint density at radius 1 is 1.03 bits per heavy atom. The number of H-pyrrole nitrogens is 1. The number of pyridine rings is 1. The molecule has 0 bridgehead atoms. The van der Waals surface area contributed by atoms with Crippen LogP contribution >= 0.6 is 0 Å². The molecule has 5 rings (SSSR count). The molecular weight excluding hydrogens is 407 g/mol. The summed E-state index contributed by atoms with van der Waals surface area (Å²) in [5, 5.41) is 3.23. The third-order valence-corrected chi connectivity index (χ3v) is 6.38. The molecule has 1 aromatic carbocycles. The van der Waals surface area contributed by atoms with Gasteiger partial charge in [0.15, 0.2) is 0 Å². The van der Waals surface area contributed by atoms with Crippen molar-refractivity contribution < 1.29 is 18.0 Å². The van der Waals surface area contributed by atoms with Crippen molar-refractivity contribution in [3.8, 4) is 0 Å². The number of halogens is 3. The van der Waals surface area contributed by atoms with Crippen LogP contribution in [0.5, 0.6) is 0 Å². The van der Waals surface area contributed by atoms with Crippen LogP contribution in [0, 0.1) is 5.41 Å². The summed E-state index contributed by atoms with van der Waals surface area (Å²) in [5.41, 5.74) is 3.92. The molecule has 1 amide bonds. The van der Waals surface area contributed by atoms with Crippen LogP contribution in [-0.2, 0) is 11.0 Å². The largest absolute Gasteiger partial charge is 0.433 e. The molecule has 0 atom stereocenters. The second-order valence-corrected chi connectivity index (χ2v) is 8.24. The number of fused-ring (bicyclic) bond motifs is 1. The SMILES string of the molecule is O=C1N(c2cccc(C(F)(F)F)n2)CCC12CCN(Nc1ccc3cc[nH]c3c1)CC2. The Morgan fingerprint density at radius 2 is 1.81 bits per heavy atom. The number of aromatic amines is 1. The molecule has 9 heteroatoms. The molecule has 0 radical (unpaired) electrons. The highest BCUT2D eigenvalue weighted by Gasteiger charge is 2.49. The lowest BCUT2D eigenvalue weighted by molar-refractivity contribution is -0.141. The quantitative estimate of drug-likeness (QED) is 0.647. The highest BCUT2D eigenvalue weighted by Crippen LogP contribution is 2.43. The lowest BCUT2D eigenvalue weighted by atomic mass is 9.77. The smallest absolute Gasteiger partial charge is 0.361 e. The number of hydrogen-bond donors (Lipinski definition) is 2. The zero-order chi connectivity index (χ0) is 21.6. The van der Waals surface area contributed by atoms with E-state index in [9.17, 15) is 18.0 Å². The number of anilines is 2. The molecule has 2 saturated heterocycles. The van der Waals surface area contributed by atoms with E-state index in [-0.39, 0.29) is 11.7 Å². The van der Waals surface area contributed by atoms with Gasteiger partial charge in [0.25, 0.3) is 0 Å². The van der Waals surface area contributed by atoms with E-state index in [1.54, 1.807) is 0 Å². The Bertz CT molecular complexity index is 1120. The van der Waals surface area contributed by atoms with Gasteiger partial charge in [-0.2, -0.15) is 13.2 Å². The van der Waals surface area contributed by atoms with Crippen molar-refractivity contribution in [3.63, 3.8) is 0 Å². The van der Waals surface area contributed by atoms with Gasteiger partial charge in [-0.25, -0.2) is 9.99 Å². The fraction of sp³-hybridized carbons (Fsp3) is 0.364. The first-order chi connectivity index (χ1) is 14.8. The molecule has 0 saturated carbocycles. The molecule has 0 aliphatic carbocycles. The first kappa shape index (κ1) is 19.9. The van der Waals surface area contributed by atoms with E-state index in [1.807, 2.05) is 30.5 Å². The number of aromatic nitrogens is 2. The van der Waals surface area contributed by atoms with E-state index in [4.69, 9.17) is 0 Å². The van der Waals surface area contributed by atoms with Gasteiger partial charge in [0.05, 0.1) is 11.1 Å². The summed E-state index contributed by atoms with van der Waals surface area (Å²) in [6, 6.07) is 11.8. The number of carbonyl (C=O) groups is 1. The average Bonchev–Trinajstić information content (AvgIpc) is 3.34. The van der Waals surface area contributed by atoms with E-state index in [0.717, 1.165) is 22.7 Å². The van der Waals surface area contributed by atoms with Crippen LogP contribution in [0.25, 0.3) is 10.9 Å². The normalized spacial score (nSPS) is 19.5. The predicted molar refractivity (Wildman–Crippen MR) is 111 cm³/mol. The van der Waals surface area contributed by atoms with Crippen LogP contribution in [0.3, 0.4) is 0 Å². The van der Waals surface area contributed by atoms with Crippen LogP contribution in [0.2, 0.25) is 0 Å². The van der Waals surface area contributed by atoms with E-state index in [2.05, 4.69) is 20.4 Å². The molecule has 31 heavy (non-hydrogen) atoms. The number of hydrazine groups is 1. The minimum atomic E-state index is -4.53. The minimum absolute atomic E-state index is 0.0801. The zero-order valence-electron chi connectivity index (χ0n) is 16.7. The Kier molecular flexibility index (Phi) is 4.65. The van der Waals surface area contributed by atoms with Crippen LogP contribution in [0.4, 0.5) is 24.7 Å². The van der Waals surface area contributed by atoms with Gasteiger partial charge in [-0.3, -0.25) is 9.69 Å². The van der Waals surface area contributed by atoms with Gasteiger partial charge >= 0.3 is 6.18 Å². The van der Waals surface area contributed by atoms with Crippen LogP contribution in [0.1, 0.15) is 25.0 Å². The van der Waals surface area contributed by atoms with E-state index >= 15 is 0 Å². The van der Waals surface area contributed by atoms with E-state index in [0.29, 0.717) is 38.9 Å². The summed E-state index contributed by atoms with van der Waals surface area (Å²) < 4.78 is 39.0. The van der Waals surface area contributed by atoms with Crippen molar-refractivity contribution in [1.29, 1.82) is 0 Å². The van der Waals surface area contributed by atoms with Crippen LogP contribution in [-0.4, -0.2) is 40.5 Å². The second kappa shape index (κ2) is 7.26. The van der Waals surface area contributed by atoms with Gasteiger partial charge in [-0.1, -0.05) is 12.1 Å². The highest BCUT2D eigenvalue weighted by molar-refractivity contribution is 5.99. The molecule has 2 aromatic heterocycles. The molecule has 3 aromatic rings. The molecular formula is C22H22F3N5O. The number of amides is 1. The summed E-state index contributed by atoms with van der Waals surface area (Å²) in [6.45, 7) is 1.75. The number of piperidine rings is 1. The standard InChI is InChI=1S/C22H22F3N5O/c23-22(24,25)18-2-1-3-19(27-18)30-13-9-21(20(30)31)7-11-29(12-8-21)28-16-5-4-15-6-10-26-17(15)14-16/h1-6,10,14,26,28H,7-9,11-13H2. The van der Waals surface area contributed by atoms with Gasteiger partial charge in [0, 0.05) is 31.3 Å². The molecule has 162 valence electrons. The number of carbonyl (C=O) groups excluding carboxylic acids is 1. The van der Waals surface area contributed by atoms with Crippen molar-refractivity contribution in [2.45, 2.75) is 25.4 Å². The van der Waals surface area contributed by atoms with Crippen molar-refractivity contribution in [3.05, 3.63) is 54.4 Å². The van der Waals surface area contributed by atoms with Gasteiger partial charge < -0.3 is 10.4 Å². The fourth-order valence-electron chi connectivity index (χ4n) is 4.58. The Morgan fingerprint density at radius 3 is 2.58 bits per heavy atom. The van der Waals surface area contributed by atoms with Crippen molar-refractivity contribution in [1.82, 2.24) is 15.0 Å². The summed E-state index contributed by atoms with van der Waals surface area (Å²) in [5.74, 6) is -0.0386. The summed E-state index contributed by atoms with van der Waals surface area (Å²) in [7, 11) is 0. The highest BCUT2D eigenvalue weighted by atomic mass is 19.4. The van der Waals surface area contributed by atoms with Crippen molar-refractivity contribution >= 4 is 28.3 Å². The number of rotatable bonds is 3. The maximum absolute atomic E-state index is 13.2. The molecule has 2 fully saturated rings. The maximum atomic E-state index is 13.2. The first-order valence-electron chi connectivity index (χ1n) is 10.3. The summed E-state index contributed by atoms with van der Waals surface area (Å²) >= 11 is 0. The van der Waals surface area contributed by atoms with Crippen LogP contribution < -0.4 is 10.3 Å². The first-order valence-corrected chi connectivity index (χ1v) is 10.3. The number of alkyl halides is 3. The fourth-order valence-corrected chi connectivity index (χ4v) is 4.58. The number of benzene rings is 1. The minimum Gasteiger partial charge on any atom is -0.361 e. The van der Waals surface area contributed by atoms with Gasteiger partial charge in [0.1, 0.15) is 11.5 Å². The molecule has 6 nitrogen and oxygen atoms in total. The number of hydrogen-bond acceptors (Lipinski definition) is 4. The van der Waals surface area contributed by atoms with Crippen molar-refractivity contribution in [2.24, 2.45) is 5.41 Å². The number of nitrogens with one attached hydrogen (secondary N) is 2. The third kappa shape index (κ3) is 3.63. The average molecular weight is 429 g/mol. The summed E-state index contributed by atoms with van der Waals surface area (Å²) in [4.78, 5) is 21.5. The molecule has 2 N–H and O–H groups in total. The number of nitrogens with zero attached hydrogens (tertiary/aromatic N) is 3. The molecule has 1 spiro atoms. The second-order valence-electron chi connectivity index (χ2n) is 8.24. The third-order valence-electron chi connectivity index (χ3n) is 6.38. The Hall–Kier alpha value is -3.07. The molecule has 4 heterocycles. The topological polar surface area (TPSA) is 64.3 Å². The Labute approximate surface area is 177 Å². The van der Waals surface area contributed by atoms with E-state index < -0.39 is 17.3 Å². The van der Waals surface area contributed by atoms with Gasteiger partial charge in [-0.15, -0.1) is 0 Å². The Balaban J connectivity index is 1.26. The zero-order valence-corrected chi connectivity index (χ0v) is 16.7. The van der Waals surface area contributed by atoms with Crippen LogP contribution in [0.15, 0.2) is 48.7 Å². The van der Waals surface area contributed by atoms with E-state index in [1.165, 1.54) is 17.0 Å². The predicted octanol–water partition coefficient (Wildman–Crippen LogP) is 4.43. The lowest BCUT2D eigenvalue weighted by Crippen LogP contribution is -2.46. The maximum Gasteiger partial charge on any atom is 0.433 e. The van der Waals surface area contributed by atoms with Crippen molar-refractivity contribution in [2.75, 3.05) is 30.0 Å². The van der Waals surface area contributed by atoms with Gasteiger partial charge in [0.2, 0.25) is 5.91 Å². The lowest BCUT2D eigenvalue weighted by Gasteiger charge is -2.38. The summed E-state index contributed by atoms with van der Waals surface area (Å²) in [6.07, 6.45) is -0.698. The van der Waals surface area contributed by atoms with Gasteiger partial charge in [-0.05, 0) is 55.0 Å². The molecule has 2 aliphatic heterocycles. The molecule has 0 unspecified atom stereocenters.